The van der Waals surface area contributed by atoms with Gasteiger partial charge in [-0.2, -0.15) is 0 Å². The van der Waals surface area contributed by atoms with Crippen molar-refractivity contribution < 1.29 is 23.8 Å². The van der Waals surface area contributed by atoms with Crippen LogP contribution in [-0.2, 0) is 24.2 Å². The summed E-state index contributed by atoms with van der Waals surface area (Å²) in [6.07, 6.45) is 2.38. The van der Waals surface area contributed by atoms with E-state index in [1.54, 1.807) is 31.3 Å². The van der Waals surface area contributed by atoms with Crippen molar-refractivity contribution in [2.75, 3.05) is 13.2 Å². The molecule has 2 aromatic heterocycles. The van der Waals surface area contributed by atoms with Crippen LogP contribution >= 0.6 is 11.3 Å². The van der Waals surface area contributed by atoms with Gasteiger partial charge in [0.2, 0.25) is 0 Å². The zero-order valence-electron chi connectivity index (χ0n) is 21.3. The molecule has 8 heteroatoms. The van der Waals surface area contributed by atoms with Crippen LogP contribution in [0.5, 0.6) is 0 Å². The number of aromatic carboxylic acids is 1. The second-order valence-corrected chi connectivity index (χ2v) is 10.2. The molecule has 0 bridgehead atoms. The van der Waals surface area contributed by atoms with Gasteiger partial charge in [-0.05, 0) is 61.2 Å². The Morgan fingerprint density at radius 2 is 1.97 bits per heavy atom. The van der Waals surface area contributed by atoms with Crippen LogP contribution in [0.1, 0.15) is 55.0 Å². The maximum atomic E-state index is 12.9. The molecule has 1 aliphatic rings. The number of carbonyl (C=O) groups is 2. The normalized spacial score (nSPS) is 13.5. The summed E-state index contributed by atoms with van der Waals surface area (Å²) in [6, 6.07) is 18.9. The summed E-state index contributed by atoms with van der Waals surface area (Å²) in [5.41, 5.74) is 4.69. The predicted octanol–water partition coefficient (Wildman–Crippen LogP) is 6.50. The van der Waals surface area contributed by atoms with Gasteiger partial charge in [0.1, 0.15) is 16.5 Å². The van der Waals surface area contributed by atoms with Crippen molar-refractivity contribution >= 4 is 34.5 Å². The van der Waals surface area contributed by atoms with E-state index in [0.717, 1.165) is 47.6 Å². The van der Waals surface area contributed by atoms with Crippen LogP contribution in [0.3, 0.4) is 0 Å². The van der Waals surface area contributed by atoms with Gasteiger partial charge in [-0.1, -0.05) is 36.4 Å². The quantitative estimate of drug-likeness (QED) is 0.207. The number of aryl methyl sites for hydroxylation is 1. The highest BCUT2D eigenvalue weighted by Crippen LogP contribution is 2.40. The molecular formula is C30H28N2O5S. The van der Waals surface area contributed by atoms with Gasteiger partial charge in [0.15, 0.2) is 0 Å². The third kappa shape index (κ3) is 5.46. The molecule has 0 saturated carbocycles. The fourth-order valence-corrected chi connectivity index (χ4v) is 5.91. The molecule has 1 aliphatic heterocycles. The molecule has 3 heterocycles. The number of carboxylic acid groups (broad SMARTS) is 1. The molecule has 0 aliphatic carbocycles. The average Bonchev–Trinajstić information content (AvgIpc) is 3.52. The summed E-state index contributed by atoms with van der Waals surface area (Å²) >= 11 is 1.52. The lowest BCUT2D eigenvalue weighted by molar-refractivity contribution is 0.0525. The standard InChI is InChI=1S/C30H28N2O5S/c1-3-36-30(35)27-24-13-14-32(17-20-7-5-4-6-8-20)18-26(24)38-28(27)31-16-22-10-12-25(37-22)23-11-9-21(29(33)34)15-19(23)2/h4-12,15-16H,3,13-14,17-18H2,1-2H3,(H,33,34). The van der Waals surface area contributed by atoms with E-state index < -0.39 is 5.97 Å². The van der Waals surface area contributed by atoms with E-state index in [4.69, 9.17) is 9.15 Å². The largest absolute Gasteiger partial charge is 0.478 e. The first-order chi connectivity index (χ1) is 18.4. The van der Waals surface area contributed by atoms with Crippen LogP contribution in [0.4, 0.5) is 5.00 Å². The van der Waals surface area contributed by atoms with E-state index in [-0.39, 0.29) is 11.5 Å². The molecule has 0 unspecified atom stereocenters. The van der Waals surface area contributed by atoms with Crippen molar-refractivity contribution in [2.45, 2.75) is 33.4 Å². The average molecular weight is 529 g/mol. The summed E-state index contributed by atoms with van der Waals surface area (Å²) in [5, 5.41) is 9.83. The number of carboxylic acids is 1. The first-order valence-corrected chi connectivity index (χ1v) is 13.3. The van der Waals surface area contributed by atoms with Gasteiger partial charge in [0, 0.05) is 30.1 Å². The minimum Gasteiger partial charge on any atom is -0.478 e. The number of hydrogen-bond acceptors (Lipinski definition) is 7. The molecule has 0 fully saturated rings. The summed E-state index contributed by atoms with van der Waals surface area (Å²) in [6.45, 7) is 6.42. The Bertz CT molecular complexity index is 1500. The highest BCUT2D eigenvalue weighted by molar-refractivity contribution is 7.16. The molecule has 7 nitrogen and oxygen atoms in total. The zero-order valence-corrected chi connectivity index (χ0v) is 22.1. The van der Waals surface area contributed by atoms with Crippen LogP contribution in [0.2, 0.25) is 0 Å². The monoisotopic (exact) mass is 528 g/mol. The highest BCUT2D eigenvalue weighted by atomic mass is 32.1. The molecule has 0 saturated heterocycles. The zero-order chi connectivity index (χ0) is 26.6. The van der Waals surface area contributed by atoms with E-state index in [0.29, 0.717) is 28.7 Å². The number of aliphatic imine (C=N–C) groups is 1. The van der Waals surface area contributed by atoms with E-state index in [2.05, 4.69) is 22.0 Å². The van der Waals surface area contributed by atoms with Gasteiger partial charge < -0.3 is 14.3 Å². The Morgan fingerprint density at radius 3 is 2.71 bits per heavy atom. The van der Waals surface area contributed by atoms with Crippen LogP contribution in [0.15, 0.2) is 70.1 Å². The lowest BCUT2D eigenvalue weighted by atomic mass is 10.0. The van der Waals surface area contributed by atoms with Crippen molar-refractivity contribution in [3.05, 3.63) is 99.1 Å². The van der Waals surface area contributed by atoms with Crippen molar-refractivity contribution in [3.8, 4) is 11.3 Å². The highest BCUT2D eigenvalue weighted by Gasteiger charge is 2.28. The molecular weight excluding hydrogens is 500 g/mol. The summed E-state index contributed by atoms with van der Waals surface area (Å²) in [4.78, 5) is 32.3. The fourth-order valence-electron chi connectivity index (χ4n) is 4.69. The van der Waals surface area contributed by atoms with Crippen LogP contribution < -0.4 is 0 Å². The number of thiophene rings is 1. The molecule has 2 aromatic carbocycles. The number of ether oxygens (including phenoxy) is 1. The number of carbonyl (C=O) groups excluding carboxylic acids is 1. The Labute approximate surface area is 225 Å². The number of esters is 1. The molecule has 0 radical (unpaired) electrons. The van der Waals surface area contributed by atoms with Crippen molar-refractivity contribution in [3.63, 3.8) is 0 Å². The Morgan fingerprint density at radius 1 is 1.16 bits per heavy atom. The molecule has 0 atom stereocenters. The lowest BCUT2D eigenvalue weighted by Gasteiger charge is -2.27. The van der Waals surface area contributed by atoms with Crippen LogP contribution in [-0.4, -0.2) is 41.3 Å². The Balaban J connectivity index is 1.39. The number of fused-ring (bicyclic) bond motifs is 1. The second-order valence-electron chi connectivity index (χ2n) is 9.15. The van der Waals surface area contributed by atoms with Gasteiger partial charge in [0.25, 0.3) is 0 Å². The lowest BCUT2D eigenvalue weighted by Crippen LogP contribution is -2.29. The third-order valence-corrected chi connectivity index (χ3v) is 7.65. The van der Waals surface area contributed by atoms with E-state index in [1.165, 1.54) is 16.9 Å². The first-order valence-electron chi connectivity index (χ1n) is 12.5. The van der Waals surface area contributed by atoms with Gasteiger partial charge in [-0.3, -0.25) is 4.90 Å². The van der Waals surface area contributed by atoms with E-state index in [1.807, 2.05) is 37.3 Å². The van der Waals surface area contributed by atoms with E-state index >= 15 is 0 Å². The van der Waals surface area contributed by atoms with Crippen molar-refractivity contribution in [2.24, 2.45) is 4.99 Å². The SMILES string of the molecule is CCOC(=O)c1c(N=Cc2ccc(-c3ccc(C(=O)O)cc3C)o2)sc2c1CCN(Cc1ccccc1)C2. The summed E-state index contributed by atoms with van der Waals surface area (Å²) in [7, 11) is 0. The van der Waals surface area contributed by atoms with Gasteiger partial charge in [0.05, 0.1) is 23.9 Å². The first kappa shape index (κ1) is 25.6. The second kappa shape index (κ2) is 11.2. The fraction of sp³-hybridized carbons (Fsp3) is 0.233. The number of hydrogen-bond donors (Lipinski definition) is 1. The smallest absolute Gasteiger partial charge is 0.341 e. The molecule has 4 aromatic rings. The maximum Gasteiger partial charge on any atom is 0.341 e. The van der Waals surface area contributed by atoms with Crippen LogP contribution in [0.25, 0.3) is 11.3 Å². The third-order valence-electron chi connectivity index (χ3n) is 6.52. The molecule has 0 spiro atoms. The topological polar surface area (TPSA) is 92.3 Å². The molecule has 5 rings (SSSR count). The van der Waals surface area contributed by atoms with Crippen molar-refractivity contribution in [1.29, 1.82) is 0 Å². The molecule has 38 heavy (non-hydrogen) atoms. The Hall–Kier alpha value is -4.01. The number of benzene rings is 2. The van der Waals surface area contributed by atoms with Gasteiger partial charge in [-0.25, -0.2) is 14.6 Å². The van der Waals surface area contributed by atoms with Crippen molar-refractivity contribution in [1.82, 2.24) is 4.90 Å². The molecule has 1 N–H and O–H groups in total. The number of furan rings is 1. The maximum absolute atomic E-state index is 12.9. The number of rotatable bonds is 8. The molecule has 0 amide bonds. The summed E-state index contributed by atoms with van der Waals surface area (Å²) in [5.74, 6) is -0.156. The van der Waals surface area contributed by atoms with Gasteiger partial charge >= 0.3 is 11.9 Å². The minimum absolute atomic E-state index is 0.232. The summed E-state index contributed by atoms with van der Waals surface area (Å²) < 4.78 is 11.4. The predicted molar refractivity (Wildman–Crippen MR) is 148 cm³/mol. The number of nitrogens with zero attached hydrogens (tertiary/aromatic N) is 2. The minimum atomic E-state index is -0.967. The van der Waals surface area contributed by atoms with E-state index in [9.17, 15) is 14.7 Å². The van der Waals surface area contributed by atoms with Gasteiger partial charge in [-0.15, -0.1) is 11.3 Å². The van der Waals surface area contributed by atoms with Crippen LogP contribution in [0, 0.1) is 6.92 Å². The Kier molecular flexibility index (Phi) is 7.53. The molecule has 194 valence electrons.